The summed E-state index contributed by atoms with van der Waals surface area (Å²) in [6.45, 7) is 1.77. The molecule has 21 heavy (non-hydrogen) atoms. The highest BCUT2D eigenvalue weighted by Gasteiger charge is 2.16. The van der Waals surface area contributed by atoms with Crippen LogP contribution < -0.4 is 4.72 Å². The first kappa shape index (κ1) is 16.0. The number of halogens is 1. The predicted octanol–water partition coefficient (Wildman–Crippen LogP) is 2.66. The number of aliphatic hydroxyl groups excluding tert-OH is 1. The molecule has 0 aromatic heterocycles. The number of rotatable bonds is 5. The second kappa shape index (κ2) is 6.58. The van der Waals surface area contributed by atoms with Crippen LogP contribution in [0.1, 0.15) is 17.2 Å². The van der Waals surface area contributed by atoms with Crippen LogP contribution in [-0.2, 0) is 10.0 Å². The monoisotopic (exact) mass is 325 g/mol. The van der Waals surface area contributed by atoms with Crippen LogP contribution in [0, 0.1) is 6.92 Å². The van der Waals surface area contributed by atoms with Gasteiger partial charge < -0.3 is 5.11 Å². The van der Waals surface area contributed by atoms with Gasteiger partial charge in [0.05, 0.1) is 11.0 Å². The second-order valence-corrected chi connectivity index (χ2v) is 6.94. The number of nitrogens with one attached hydrogen (secondary N) is 1. The number of aryl methyl sites for hydroxylation is 1. The summed E-state index contributed by atoms with van der Waals surface area (Å²) < 4.78 is 26.6. The number of sulfonamides is 1. The van der Waals surface area contributed by atoms with E-state index >= 15 is 0 Å². The number of aliphatic hydroxyl groups is 1. The van der Waals surface area contributed by atoms with Crippen LogP contribution in [0.2, 0.25) is 5.02 Å². The van der Waals surface area contributed by atoms with Crippen molar-refractivity contribution in [3.05, 3.63) is 64.7 Å². The quantitative estimate of drug-likeness (QED) is 0.888. The summed E-state index contributed by atoms with van der Waals surface area (Å²) in [4.78, 5) is 0.173. The molecule has 0 bridgehead atoms. The molecule has 0 saturated carbocycles. The van der Waals surface area contributed by atoms with E-state index in [0.717, 1.165) is 5.56 Å². The first-order valence-electron chi connectivity index (χ1n) is 6.38. The number of hydrogen-bond donors (Lipinski definition) is 2. The Labute approximate surface area is 129 Å². The van der Waals surface area contributed by atoms with Crippen LogP contribution in [0.4, 0.5) is 0 Å². The van der Waals surface area contributed by atoms with Gasteiger partial charge in [-0.25, -0.2) is 13.1 Å². The average molecular weight is 326 g/mol. The summed E-state index contributed by atoms with van der Waals surface area (Å²) in [6, 6.07) is 13.2. The minimum absolute atomic E-state index is 0.115. The third-order valence-electron chi connectivity index (χ3n) is 3.03. The minimum Gasteiger partial charge on any atom is -0.387 e. The molecule has 0 aliphatic rings. The Morgan fingerprint density at radius 1 is 1.19 bits per heavy atom. The molecule has 0 aliphatic heterocycles. The molecule has 0 fully saturated rings. The highest BCUT2D eigenvalue weighted by molar-refractivity contribution is 7.89. The standard InChI is InChI=1S/C15H16ClNO3S/c1-11-5-7-14(8-6-11)21(19,20)17-10-15(18)12-3-2-4-13(16)9-12/h2-9,15,17-18H,10H2,1H3. The number of hydrogen-bond acceptors (Lipinski definition) is 3. The van der Waals surface area contributed by atoms with Crippen LogP contribution in [0.15, 0.2) is 53.4 Å². The molecule has 2 aromatic rings. The molecule has 0 heterocycles. The Morgan fingerprint density at radius 3 is 2.48 bits per heavy atom. The van der Waals surface area contributed by atoms with Crippen molar-refractivity contribution in [3.63, 3.8) is 0 Å². The van der Waals surface area contributed by atoms with E-state index < -0.39 is 16.1 Å². The third kappa shape index (κ3) is 4.28. The summed E-state index contributed by atoms with van der Waals surface area (Å²) in [5.74, 6) is 0. The lowest BCUT2D eigenvalue weighted by Crippen LogP contribution is -2.28. The molecule has 1 atom stereocenters. The number of benzene rings is 2. The van der Waals surface area contributed by atoms with Crippen molar-refractivity contribution >= 4 is 21.6 Å². The first-order chi connectivity index (χ1) is 9.88. The predicted molar refractivity (Wildman–Crippen MR) is 82.8 cm³/mol. The van der Waals surface area contributed by atoms with Crippen molar-refractivity contribution < 1.29 is 13.5 Å². The minimum atomic E-state index is -3.63. The Kier molecular flexibility index (Phi) is 5.00. The molecular weight excluding hydrogens is 310 g/mol. The zero-order valence-electron chi connectivity index (χ0n) is 11.5. The molecule has 2 N–H and O–H groups in total. The van der Waals surface area contributed by atoms with Gasteiger partial charge in [-0.2, -0.15) is 0 Å². The molecular formula is C15H16ClNO3S. The lowest BCUT2D eigenvalue weighted by molar-refractivity contribution is 0.182. The highest BCUT2D eigenvalue weighted by atomic mass is 35.5. The maximum Gasteiger partial charge on any atom is 0.240 e. The van der Waals surface area contributed by atoms with Gasteiger partial charge in [-0.1, -0.05) is 41.4 Å². The van der Waals surface area contributed by atoms with E-state index in [2.05, 4.69) is 4.72 Å². The summed E-state index contributed by atoms with van der Waals surface area (Å²) in [5.41, 5.74) is 1.54. The summed E-state index contributed by atoms with van der Waals surface area (Å²) in [7, 11) is -3.63. The summed E-state index contributed by atoms with van der Waals surface area (Å²) >= 11 is 5.84. The molecule has 0 amide bonds. The molecule has 0 aliphatic carbocycles. The smallest absolute Gasteiger partial charge is 0.240 e. The lowest BCUT2D eigenvalue weighted by Gasteiger charge is -2.13. The Bertz CT molecular complexity index is 714. The molecule has 4 nitrogen and oxygen atoms in total. The van der Waals surface area contributed by atoms with E-state index in [1.165, 1.54) is 12.1 Å². The molecule has 112 valence electrons. The Balaban J connectivity index is 2.06. The second-order valence-electron chi connectivity index (χ2n) is 4.74. The molecule has 0 radical (unpaired) electrons. The van der Waals surface area contributed by atoms with E-state index in [9.17, 15) is 13.5 Å². The summed E-state index contributed by atoms with van der Waals surface area (Å²) in [5, 5.41) is 10.5. The first-order valence-corrected chi connectivity index (χ1v) is 8.24. The van der Waals surface area contributed by atoms with Crippen LogP contribution in [0.25, 0.3) is 0 Å². The van der Waals surface area contributed by atoms with Gasteiger partial charge >= 0.3 is 0 Å². The van der Waals surface area contributed by atoms with Crippen molar-refractivity contribution in [1.82, 2.24) is 4.72 Å². The van der Waals surface area contributed by atoms with Crippen molar-refractivity contribution in [3.8, 4) is 0 Å². The molecule has 2 rings (SSSR count). The van der Waals surface area contributed by atoms with E-state index in [0.29, 0.717) is 10.6 Å². The van der Waals surface area contributed by atoms with Gasteiger partial charge in [0.15, 0.2) is 0 Å². The fourth-order valence-electron chi connectivity index (χ4n) is 1.82. The summed E-state index contributed by atoms with van der Waals surface area (Å²) in [6.07, 6.45) is -0.955. The average Bonchev–Trinajstić information content (AvgIpc) is 2.45. The van der Waals surface area contributed by atoms with Crippen LogP contribution in [-0.4, -0.2) is 20.1 Å². The van der Waals surface area contributed by atoms with E-state index in [1.54, 1.807) is 36.4 Å². The van der Waals surface area contributed by atoms with Crippen molar-refractivity contribution in [2.24, 2.45) is 0 Å². The van der Waals surface area contributed by atoms with Crippen molar-refractivity contribution in [2.45, 2.75) is 17.9 Å². The normalized spacial score (nSPS) is 13.1. The van der Waals surface area contributed by atoms with Crippen LogP contribution >= 0.6 is 11.6 Å². The lowest BCUT2D eigenvalue weighted by atomic mass is 10.1. The maximum absolute atomic E-state index is 12.1. The topological polar surface area (TPSA) is 66.4 Å². The zero-order valence-corrected chi connectivity index (χ0v) is 13.0. The van der Waals surface area contributed by atoms with Gasteiger partial charge in [0, 0.05) is 11.6 Å². The Morgan fingerprint density at radius 2 is 1.86 bits per heavy atom. The van der Waals surface area contributed by atoms with E-state index in [-0.39, 0.29) is 11.4 Å². The van der Waals surface area contributed by atoms with Gasteiger partial charge in [0.2, 0.25) is 10.0 Å². The van der Waals surface area contributed by atoms with Gasteiger partial charge in [0.1, 0.15) is 0 Å². The van der Waals surface area contributed by atoms with Gasteiger partial charge in [-0.15, -0.1) is 0 Å². The fraction of sp³-hybridized carbons (Fsp3) is 0.200. The van der Waals surface area contributed by atoms with E-state index in [4.69, 9.17) is 11.6 Å². The molecule has 2 aromatic carbocycles. The Hall–Kier alpha value is -1.40. The SMILES string of the molecule is Cc1ccc(S(=O)(=O)NCC(O)c2cccc(Cl)c2)cc1. The van der Waals surface area contributed by atoms with Gasteiger partial charge in [-0.05, 0) is 36.8 Å². The van der Waals surface area contributed by atoms with Crippen molar-refractivity contribution in [2.75, 3.05) is 6.54 Å². The molecule has 1 unspecified atom stereocenters. The maximum atomic E-state index is 12.1. The van der Waals surface area contributed by atoms with Crippen LogP contribution in [0.5, 0.6) is 0 Å². The van der Waals surface area contributed by atoms with Gasteiger partial charge in [-0.3, -0.25) is 0 Å². The highest BCUT2D eigenvalue weighted by Crippen LogP contribution is 2.18. The largest absolute Gasteiger partial charge is 0.387 e. The fourth-order valence-corrected chi connectivity index (χ4v) is 3.06. The third-order valence-corrected chi connectivity index (χ3v) is 4.71. The van der Waals surface area contributed by atoms with Gasteiger partial charge in [0.25, 0.3) is 0 Å². The molecule has 0 spiro atoms. The zero-order chi connectivity index (χ0) is 15.5. The van der Waals surface area contributed by atoms with Crippen molar-refractivity contribution in [1.29, 1.82) is 0 Å². The molecule has 0 saturated heterocycles. The molecule has 6 heteroatoms. The van der Waals surface area contributed by atoms with Crippen LogP contribution in [0.3, 0.4) is 0 Å². The van der Waals surface area contributed by atoms with E-state index in [1.807, 2.05) is 6.92 Å².